The summed E-state index contributed by atoms with van der Waals surface area (Å²) in [5, 5.41) is 3.59. The number of hydrogen-bond acceptors (Lipinski definition) is 3. The van der Waals surface area contributed by atoms with Gasteiger partial charge in [0.05, 0.1) is 16.7 Å². The van der Waals surface area contributed by atoms with Crippen LogP contribution in [0.15, 0.2) is 24.3 Å². The third kappa shape index (κ3) is 2.70. The number of nitrogens with one attached hydrogen (secondary N) is 1. The molecule has 1 aromatic carbocycles. The van der Waals surface area contributed by atoms with Gasteiger partial charge in [0.1, 0.15) is 5.82 Å². The molecular weight excluding hydrogens is 234 g/mol. The third-order valence-corrected chi connectivity index (χ3v) is 4.10. The van der Waals surface area contributed by atoms with Crippen molar-refractivity contribution in [3.05, 3.63) is 30.0 Å². The molecule has 1 aliphatic carbocycles. The van der Waals surface area contributed by atoms with Crippen molar-refractivity contribution >= 4 is 16.9 Å². The molecule has 19 heavy (non-hydrogen) atoms. The van der Waals surface area contributed by atoms with Crippen molar-refractivity contribution in [3.8, 4) is 0 Å². The Balaban J connectivity index is 1.82. The van der Waals surface area contributed by atoms with E-state index in [4.69, 9.17) is 4.98 Å². The molecule has 3 rings (SSSR count). The molecule has 1 saturated carbocycles. The molecule has 1 heterocycles. The monoisotopic (exact) mass is 255 g/mol. The van der Waals surface area contributed by atoms with Crippen molar-refractivity contribution in [2.45, 2.75) is 45.6 Å². The zero-order chi connectivity index (χ0) is 13.2. The average Bonchev–Trinajstić information content (AvgIpc) is 2.42. The highest BCUT2D eigenvalue weighted by Gasteiger charge is 2.19. The normalized spacial score (nSPS) is 23.5. The summed E-state index contributed by atoms with van der Waals surface area (Å²) in [7, 11) is 0. The van der Waals surface area contributed by atoms with Crippen LogP contribution in [0.5, 0.6) is 0 Å². The summed E-state index contributed by atoms with van der Waals surface area (Å²) in [5.41, 5.74) is 2.94. The fourth-order valence-electron chi connectivity index (χ4n) is 2.82. The summed E-state index contributed by atoms with van der Waals surface area (Å²) < 4.78 is 0. The summed E-state index contributed by atoms with van der Waals surface area (Å²) in [6.07, 6.45) is 5.12. The molecule has 1 N–H and O–H groups in total. The summed E-state index contributed by atoms with van der Waals surface area (Å²) in [6, 6.07) is 8.62. The van der Waals surface area contributed by atoms with Gasteiger partial charge < -0.3 is 5.32 Å². The van der Waals surface area contributed by atoms with Crippen molar-refractivity contribution in [2.75, 3.05) is 5.32 Å². The van der Waals surface area contributed by atoms with Crippen LogP contribution in [0.25, 0.3) is 11.0 Å². The summed E-state index contributed by atoms with van der Waals surface area (Å²) in [4.78, 5) is 9.35. The molecule has 2 aromatic rings. The first-order valence-electron chi connectivity index (χ1n) is 7.22. The van der Waals surface area contributed by atoms with E-state index in [0.717, 1.165) is 28.5 Å². The lowest BCUT2D eigenvalue weighted by Gasteiger charge is -2.27. The maximum atomic E-state index is 4.71. The lowest BCUT2D eigenvalue weighted by Crippen LogP contribution is -2.26. The Bertz CT molecular complexity index is 571. The van der Waals surface area contributed by atoms with Gasteiger partial charge in [-0.3, -0.25) is 0 Å². The second kappa shape index (κ2) is 5.16. The van der Waals surface area contributed by atoms with Crippen LogP contribution in [0, 0.1) is 12.8 Å². The van der Waals surface area contributed by atoms with E-state index in [0.29, 0.717) is 6.04 Å². The van der Waals surface area contributed by atoms with Gasteiger partial charge in [0, 0.05) is 6.04 Å². The Kier molecular flexibility index (Phi) is 3.36. The quantitative estimate of drug-likeness (QED) is 0.883. The molecule has 0 spiro atoms. The van der Waals surface area contributed by atoms with Crippen LogP contribution < -0.4 is 5.32 Å². The molecule has 1 fully saturated rings. The van der Waals surface area contributed by atoms with Gasteiger partial charge in [-0.15, -0.1) is 0 Å². The number of aromatic nitrogens is 2. The Morgan fingerprint density at radius 1 is 1.00 bits per heavy atom. The molecule has 0 saturated heterocycles. The average molecular weight is 255 g/mol. The van der Waals surface area contributed by atoms with Gasteiger partial charge in [-0.1, -0.05) is 19.1 Å². The second-order valence-corrected chi connectivity index (χ2v) is 5.75. The molecule has 1 aromatic heterocycles. The van der Waals surface area contributed by atoms with E-state index < -0.39 is 0 Å². The van der Waals surface area contributed by atoms with Gasteiger partial charge in [0.15, 0.2) is 0 Å². The third-order valence-electron chi connectivity index (χ3n) is 4.10. The molecule has 1 aliphatic rings. The molecule has 0 bridgehead atoms. The molecule has 0 unspecified atom stereocenters. The fraction of sp³-hybridized carbons (Fsp3) is 0.500. The predicted octanol–water partition coefficient (Wildman–Crippen LogP) is 3.93. The van der Waals surface area contributed by atoms with Crippen LogP contribution in [0.2, 0.25) is 0 Å². The lowest BCUT2D eigenvalue weighted by molar-refractivity contribution is 0.360. The van der Waals surface area contributed by atoms with Crippen molar-refractivity contribution in [2.24, 2.45) is 5.92 Å². The SMILES string of the molecule is Cc1nc2ccccc2nc1NC1CCC(C)CC1. The number of rotatable bonds is 2. The van der Waals surface area contributed by atoms with E-state index in [1.807, 2.05) is 31.2 Å². The van der Waals surface area contributed by atoms with Gasteiger partial charge >= 0.3 is 0 Å². The van der Waals surface area contributed by atoms with E-state index in [2.05, 4.69) is 17.2 Å². The van der Waals surface area contributed by atoms with Crippen LogP contribution in [0.4, 0.5) is 5.82 Å². The van der Waals surface area contributed by atoms with Crippen LogP contribution in [0.3, 0.4) is 0 Å². The zero-order valence-corrected chi connectivity index (χ0v) is 11.7. The van der Waals surface area contributed by atoms with Crippen LogP contribution in [0.1, 0.15) is 38.3 Å². The number of hydrogen-bond donors (Lipinski definition) is 1. The number of benzene rings is 1. The van der Waals surface area contributed by atoms with Gasteiger partial charge in [-0.25, -0.2) is 9.97 Å². The van der Waals surface area contributed by atoms with Gasteiger partial charge in [-0.2, -0.15) is 0 Å². The zero-order valence-electron chi connectivity index (χ0n) is 11.7. The number of aryl methyl sites for hydroxylation is 1. The van der Waals surface area contributed by atoms with Crippen molar-refractivity contribution < 1.29 is 0 Å². The summed E-state index contributed by atoms with van der Waals surface area (Å²) >= 11 is 0. The minimum atomic E-state index is 0.561. The van der Waals surface area contributed by atoms with E-state index in [-0.39, 0.29) is 0 Å². The highest BCUT2D eigenvalue weighted by molar-refractivity contribution is 5.76. The smallest absolute Gasteiger partial charge is 0.148 e. The number of para-hydroxylation sites is 2. The van der Waals surface area contributed by atoms with Crippen molar-refractivity contribution in [1.82, 2.24) is 9.97 Å². The van der Waals surface area contributed by atoms with Crippen LogP contribution in [-0.2, 0) is 0 Å². The molecule has 100 valence electrons. The first kappa shape index (κ1) is 12.4. The number of fused-ring (bicyclic) bond motifs is 1. The van der Waals surface area contributed by atoms with Gasteiger partial charge in [0.25, 0.3) is 0 Å². The Morgan fingerprint density at radius 3 is 2.32 bits per heavy atom. The molecule has 3 nitrogen and oxygen atoms in total. The highest BCUT2D eigenvalue weighted by Crippen LogP contribution is 2.26. The van der Waals surface area contributed by atoms with E-state index in [1.54, 1.807) is 0 Å². The predicted molar refractivity (Wildman–Crippen MR) is 79.3 cm³/mol. The number of nitrogens with zero attached hydrogens (tertiary/aromatic N) is 2. The maximum absolute atomic E-state index is 4.71. The van der Waals surface area contributed by atoms with Crippen molar-refractivity contribution in [3.63, 3.8) is 0 Å². The standard InChI is InChI=1S/C16H21N3/c1-11-7-9-13(10-8-11)18-16-12(2)17-14-5-3-4-6-15(14)19-16/h3-6,11,13H,7-10H2,1-2H3,(H,18,19). The van der Waals surface area contributed by atoms with E-state index in [9.17, 15) is 0 Å². The van der Waals surface area contributed by atoms with E-state index in [1.165, 1.54) is 25.7 Å². The minimum absolute atomic E-state index is 0.561. The fourth-order valence-corrected chi connectivity index (χ4v) is 2.82. The van der Waals surface area contributed by atoms with Gasteiger partial charge in [0.2, 0.25) is 0 Å². The topological polar surface area (TPSA) is 37.8 Å². The Hall–Kier alpha value is -1.64. The van der Waals surface area contributed by atoms with Crippen LogP contribution in [-0.4, -0.2) is 16.0 Å². The maximum Gasteiger partial charge on any atom is 0.148 e. The first-order valence-corrected chi connectivity index (χ1v) is 7.22. The van der Waals surface area contributed by atoms with E-state index >= 15 is 0 Å². The molecule has 0 radical (unpaired) electrons. The molecule has 0 atom stereocenters. The highest BCUT2D eigenvalue weighted by atomic mass is 15.0. The Labute approximate surface area is 114 Å². The number of anilines is 1. The summed E-state index contributed by atoms with van der Waals surface area (Å²) in [5.74, 6) is 1.83. The molecule has 3 heteroatoms. The molecule has 0 amide bonds. The molecular formula is C16H21N3. The first-order chi connectivity index (χ1) is 9.22. The lowest BCUT2D eigenvalue weighted by atomic mass is 9.87. The van der Waals surface area contributed by atoms with Crippen molar-refractivity contribution in [1.29, 1.82) is 0 Å². The largest absolute Gasteiger partial charge is 0.366 e. The van der Waals surface area contributed by atoms with Gasteiger partial charge in [-0.05, 0) is 50.7 Å². The minimum Gasteiger partial charge on any atom is -0.366 e. The van der Waals surface area contributed by atoms with Crippen LogP contribution >= 0.6 is 0 Å². The Morgan fingerprint density at radius 2 is 1.63 bits per heavy atom. The molecule has 0 aliphatic heterocycles. The second-order valence-electron chi connectivity index (χ2n) is 5.75. The summed E-state index contributed by atoms with van der Waals surface area (Å²) in [6.45, 7) is 4.38.